The van der Waals surface area contributed by atoms with Gasteiger partial charge < -0.3 is 10.1 Å². The molecule has 1 aromatic carbocycles. The molecule has 0 radical (unpaired) electrons. The molecule has 1 heterocycles. The van der Waals surface area contributed by atoms with Crippen molar-refractivity contribution >= 4 is 23.6 Å². The molecular formula is C14H15NO3. The van der Waals surface area contributed by atoms with E-state index in [2.05, 4.69) is 5.32 Å². The highest BCUT2D eigenvalue weighted by molar-refractivity contribution is 5.95. The van der Waals surface area contributed by atoms with Crippen molar-refractivity contribution in [1.82, 2.24) is 0 Å². The Morgan fingerprint density at radius 3 is 2.56 bits per heavy atom. The van der Waals surface area contributed by atoms with Gasteiger partial charge in [-0.3, -0.25) is 4.79 Å². The van der Waals surface area contributed by atoms with Gasteiger partial charge in [-0.05, 0) is 30.7 Å². The first-order chi connectivity index (χ1) is 8.54. The first-order valence-corrected chi connectivity index (χ1v) is 5.84. The summed E-state index contributed by atoms with van der Waals surface area (Å²) < 4.78 is 5.06. The molecule has 1 aliphatic heterocycles. The Hall–Kier alpha value is -2.10. The predicted molar refractivity (Wildman–Crippen MR) is 68.9 cm³/mol. The van der Waals surface area contributed by atoms with Crippen LogP contribution in [0.4, 0.5) is 5.69 Å². The van der Waals surface area contributed by atoms with Gasteiger partial charge in [-0.15, -0.1) is 0 Å². The summed E-state index contributed by atoms with van der Waals surface area (Å²) in [5, 5.41) is 2.69. The summed E-state index contributed by atoms with van der Waals surface area (Å²) in [4.78, 5) is 22.3. The normalized spacial score (nSPS) is 20.9. The molecule has 0 spiro atoms. The van der Waals surface area contributed by atoms with Gasteiger partial charge in [0.15, 0.2) is 0 Å². The van der Waals surface area contributed by atoms with Gasteiger partial charge in [0.2, 0.25) is 5.91 Å². The third-order valence-electron chi connectivity index (χ3n) is 2.65. The largest absolute Gasteiger partial charge is 0.459 e. The molecule has 1 aliphatic rings. The molecule has 4 nitrogen and oxygen atoms in total. The third-order valence-corrected chi connectivity index (χ3v) is 2.65. The van der Waals surface area contributed by atoms with E-state index in [1.165, 1.54) is 6.92 Å². The van der Waals surface area contributed by atoms with Crippen LogP contribution in [0.25, 0.3) is 6.08 Å². The van der Waals surface area contributed by atoms with E-state index in [1.807, 2.05) is 25.1 Å². The number of carbonyl (C=O) groups excluding carboxylic acids is 2. The zero-order valence-electron chi connectivity index (χ0n) is 10.4. The molecule has 1 N–H and O–H groups in total. The van der Waals surface area contributed by atoms with Gasteiger partial charge >= 0.3 is 5.97 Å². The van der Waals surface area contributed by atoms with Crippen molar-refractivity contribution in [2.45, 2.75) is 26.4 Å². The summed E-state index contributed by atoms with van der Waals surface area (Å²) in [6, 6.07) is 7.32. The van der Waals surface area contributed by atoms with Crippen LogP contribution in [-0.2, 0) is 14.3 Å². The predicted octanol–water partition coefficient (Wildman–Crippen LogP) is 2.36. The summed E-state index contributed by atoms with van der Waals surface area (Å²) in [6.07, 6.45) is 2.43. The van der Waals surface area contributed by atoms with Gasteiger partial charge in [0.05, 0.1) is 0 Å². The van der Waals surface area contributed by atoms with Crippen LogP contribution in [0, 0.1) is 0 Å². The molecule has 1 amide bonds. The quantitative estimate of drug-likeness (QED) is 0.642. The fourth-order valence-electron chi connectivity index (χ4n) is 1.88. The molecule has 18 heavy (non-hydrogen) atoms. The van der Waals surface area contributed by atoms with E-state index >= 15 is 0 Å². The second kappa shape index (κ2) is 5.04. The van der Waals surface area contributed by atoms with Crippen LogP contribution in [0.3, 0.4) is 0 Å². The SMILES string of the molecule is CC(=O)Nc1ccc(/C=C2\CC(C)OC2=O)cc1. The lowest BCUT2D eigenvalue weighted by atomic mass is 10.1. The number of benzene rings is 1. The molecule has 1 atom stereocenters. The summed E-state index contributed by atoms with van der Waals surface area (Å²) in [5.74, 6) is -0.345. The van der Waals surface area contributed by atoms with Gasteiger partial charge in [-0.1, -0.05) is 12.1 Å². The van der Waals surface area contributed by atoms with Crippen LogP contribution in [0.2, 0.25) is 0 Å². The summed E-state index contributed by atoms with van der Waals surface area (Å²) in [5.41, 5.74) is 2.35. The highest BCUT2D eigenvalue weighted by atomic mass is 16.5. The lowest BCUT2D eigenvalue weighted by Crippen LogP contribution is -2.05. The Bertz CT molecular complexity index is 502. The Morgan fingerprint density at radius 2 is 2.06 bits per heavy atom. The lowest BCUT2D eigenvalue weighted by molar-refractivity contribution is -0.138. The minimum absolute atomic E-state index is 0.0394. The standard InChI is InChI=1S/C14H15NO3/c1-9-7-12(14(17)18-9)8-11-3-5-13(6-4-11)15-10(2)16/h3-6,8-9H,7H2,1-2H3,(H,15,16)/b12-8+. The van der Waals surface area contributed by atoms with Crippen molar-refractivity contribution in [3.63, 3.8) is 0 Å². The van der Waals surface area contributed by atoms with Crippen molar-refractivity contribution in [3.8, 4) is 0 Å². The highest BCUT2D eigenvalue weighted by Crippen LogP contribution is 2.22. The minimum atomic E-state index is -0.242. The molecule has 0 aromatic heterocycles. The fraction of sp³-hybridized carbons (Fsp3) is 0.286. The number of cyclic esters (lactones) is 1. The summed E-state index contributed by atoms with van der Waals surface area (Å²) in [7, 11) is 0. The van der Waals surface area contributed by atoms with Gasteiger partial charge in [-0.2, -0.15) is 0 Å². The molecule has 0 bridgehead atoms. The maximum atomic E-state index is 11.5. The van der Waals surface area contributed by atoms with Crippen molar-refractivity contribution in [2.24, 2.45) is 0 Å². The van der Waals surface area contributed by atoms with Gasteiger partial charge in [0, 0.05) is 24.6 Å². The molecule has 1 unspecified atom stereocenters. The number of ether oxygens (including phenoxy) is 1. The zero-order chi connectivity index (χ0) is 13.1. The fourth-order valence-corrected chi connectivity index (χ4v) is 1.88. The van der Waals surface area contributed by atoms with E-state index in [9.17, 15) is 9.59 Å². The Morgan fingerprint density at radius 1 is 1.39 bits per heavy atom. The molecule has 1 saturated heterocycles. The first-order valence-electron chi connectivity index (χ1n) is 5.84. The molecule has 0 saturated carbocycles. The Labute approximate surface area is 106 Å². The maximum absolute atomic E-state index is 11.5. The van der Waals surface area contributed by atoms with Crippen molar-refractivity contribution in [1.29, 1.82) is 0 Å². The van der Waals surface area contributed by atoms with E-state index in [1.54, 1.807) is 12.1 Å². The smallest absolute Gasteiger partial charge is 0.334 e. The Kier molecular flexibility index (Phi) is 3.46. The van der Waals surface area contributed by atoms with E-state index in [4.69, 9.17) is 4.74 Å². The second-order valence-electron chi connectivity index (χ2n) is 4.39. The molecule has 1 fully saturated rings. The van der Waals surface area contributed by atoms with Gasteiger partial charge in [0.25, 0.3) is 0 Å². The molecule has 0 aliphatic carbocycles. The molecule has 94 valence electrons. The number of rotatable bonds is 2. The number of esters is 1. The van der Waals surface area contributed by atoms with E-state index in [0.29, 0.717) is 12.0 Å². The van der Waals surface area contributed by atoms with Crippen LogP contribution >= 0.6 is 0 Å². The van der Waals surface area contributed by atoms with Crippen molar-refractivity contribution in [2.75, 3.05) is 5.32 Å². The number of nitrogens with one attached hydrogen (secondary N) is 1. The van der Waals surface area contributed by atoms with E-state index < -0.39 is 0 Å². The topological polar surface area (TPSA) is 55.4 Å². The van der Waals surface area contributed by atoms with Gasteiger partial charge in [-0.25, -0.2) is 4.79 Å². The maximum Gasteiger partial charge on any atom is 0.334 e. The number of hydrogen-bond acceptors (Lipinski definition) is 3. The third kappa shape index (κ3) is 2.97. The highest BCUT2D eigenvalue weighted by Gasteiger charge is 2.24. The molecule has 2 rings (SSSR count). The lowest BCUT2D eigenvalue weighted by Gasteiger charge is -2.02. The van der Waals surface area contributed by atoms with Crippen LogP contribution in [0.1, 0.15) is 25.8 Å². The van der Waals surface area contributed by atoms with Crippen molar-refractivity contribution < 1.29 is 14.3 Å². The van der Waals surface area contributed by atoms with Crippen LogP contribution in [-0.4, -0.2) is 18.0 Å². The number of anilines is 1. The Balaban J connectivity index is 2.13. The van der Waals surface area contributed by atoms with Crippen LogP contribution in [0.15, 0.2) is 29.8 Å². The van der Waals surface area contributed by atoms with Gasteiger partial charge in [0.1, 0.15) is 6.10 Å². The summed E-state index contributed by atoms with van der Waals surface area (Å²) in [6.45, 7) is 3.34. The number of hydrogen-bond donors (Lipinski definition) is 1. The number of carbonyl (C=O) groups is 2. The minimum Gasteiger partial charge on any atom is -0.459 e. The molecular weight excluding hydrogens is 230 g/mol. The monoisotopic (exact) mass is 245 g/mol. The van der Waals surface area contributed by atoms with Crippen molar-refractivity contribution in [3.05, 3.63) is 35.4 Å². The average molecular weight is 245 g/mol. The van der Waals surface area contributed by atoms with Crippen LogP contribution in [0.5, 0.6) is 0 Å². The first kappa shape index (κ1) is 12.4. The molecule has 1 aromatic rings. The average Bonchev–Trinajstić information content (AvgIpc) is 2.59. The number of amides is 1. The van der Waals surface area contributed by atoms with E-state index in [0.717, 1.165) is 11.3 Å². The second-order valence-corrected chi connectivity index (χ2v) is 4.39. The van der Waals surface area contributed by atoms with Crippen LogP contribution < -0.4 is 5.32 Å². The molecule has 4 heteroatoms. The van der Waals surface area contributed by atoms with E-state index in [-0.39, 0.29) is 18.0 Å². The zero-order valence-corrected chi connectivity index (χ0v) is 10.4. The summed E-state index contributed by atoms with van der Waals surface area (Å²) >= 11 is 0.